The molecular weight excluding hydrogens is 1420 g/mol. The molecule has 0 bridgehead atoms. The van der Waals surface area contributed by atoms with Crippen molar-refractivity contribution in [3.05, 3.63) is 226 Å². The number of phenols is 3. The number of carbonyl (C=O) groups is 4. The summed E-state index contributed by atoms with van der Waals surface area (Å²) in [5, 5.41) is 86.8. The molecular formula is C75H70BrN11O12S3. The standard InChI is InChI=1S/2C25H22N4O4S.C14H16N2O.C11H9NO3S.BrH/c2*1-14-22(24(31)29(28-14)17-10-9-15-5-2-3-6-16(15)13-17)27-26-19-8-4-7-18(23(19)30)20-11-12-21(34-20)25(32)33;1-10-8-14(17)16(15-10)13-7-6-11-4-2-3-5-12(11)9-13;12-7-3-1-2-6(10(7)13)8-4-5-9(16-8)11(14)15;/h2*4,7-13,28,30H,2-3,5-6H2,1H3,(H,32,33);6-7,9H,2-5,8H2,1H3;1-5,13H,12H2,(H,14,15);1H. The molecule has 23 nitrogen and oxygen atoms in total. The molecule has 0 spiro atoms. The van der Waals surface area contributed by atoms with Gasteiger partial charge in [0.2, 0.25) is 0 Å². The van der Waals surface area contributed by atoms with E-state index in [2.05, 4.69) is 72.2 Å². The number of carboxylic acid groups (broad SMARTS) is 3. The maximum Gasteiger partial charge on any atom is 0.345 e. The van der Waals surface area contributed by atoms with E-state index >= 15 is 0 Å². The van der Waals surface area contributed by atoms with Crippen LogP contribution in [0.15, 0.2) is 181 Å². The van der Waals surface area contributed by atoms with Crippen LogP contribution in [0, 0.1) is 13.8 Å². The maximum atomic E-state index is 13.1. The summed E-state index contributed by atoms with van der Waals surface area (Å²) in [6, 6.07) is 42.7. The first-order valence-corrected chi connectivity index (χ1v) is 35.0. The molecule has 6 heterocycles. The Morgan fingerprint density at radius 1 is 0.451 bits per heavy atom. The van der Waals surface area contributed by atoms with Crippen molar-refractivity contribution in [1.29, 1.82) is 0 Å². The van der Waals surface area contributed by atoms with Crippen molar-refractivity contribution < 1.29 is 49.8 Å². The number of aromatic amines is 2. The van der Waals surface area contributed by atoms with Crippen molar-refractivity contribution in [1.82, 2.24) is 19.6 Å². The van der Waals surface area contributed by atoms with Gasteiger partial charge in [0.15, 0.2) is 22.9 Å². The number of nitrogens with one attached hydrogen (secondary N) is 2. The minimum Gasteiger partial charge on any atom is -0.505 e. The van der Waals surface area contributed by atoms with E-state index < -0.39 is 17.9 Å². The van der Waals surface area contributed by atoms with E-state index in [4.69, 9.17) is 21.1 Å². The van der Waals surface area contributed by atoms with Crippen LogP contribution in [-0.2, 0) is 43.3 Å². The summed E-state index contributed by atoms with van der Waals surface area (Å²) in [5.74, 6) is -3.21. The van der Waals surface area contributed by atoms with E-state index in [1.165, 1.54) is 93.0 Å². The number of nitrogen functional groups attached to an aromatic ring is 1. The lowest BCUT2D eigenvalue weighted by molar-refractivity contribution is -0.116. The molecule has 11 aromatic rings. The number of aromatic carboxylic acids is 3. The van der Waals surface area contributed by atoms with Gasteiger partial charge in [0.1, 0.15) is 31.8 Å². The Morgan fingerprint density at radius 3 is 1.17 bits per heavy atom. The lowest BCUT2D eigenvalue weighted by atomic mass is 9.91. The molecule has 522 valence electrons. The second kappa shape index (κ2) is 31.6. The van der Waals surface area contributed by atoms with Crippen molar-refractivity contribution in [2.75, 3.05) is 10.7 Å². The number of carbonyl (C=O) groups excluding carboxylic acids is 1. The zero-order chi connectivity index (χ0) is 71.2. The number of aromatic nitrogens is 4. The molecule has 4 aliphatic rings. The number of nitrogens with zero attached hydrogens (tertiary/aromatic N) is 8. The molecule has 1 amide bonds. The van der Waals surface area contributed by atoms with Gasteiger partial charge in [-0.2, -0.15) is 5.10 Å². The van der Waals surface area contributed by atoms with Crippen molar-refractivity contribution in [3.8, 4) is 59.9 Å². The van der Waals surface area contributed by atoms with Gasteiger partial charge in [-0.05, 0) is 240 Å². The Labute approximate surface area is 606 Å². The molecule has 6 aromatic carbocycles. The summed E-state index contributed by atoms with van der Waals surface area (Å²) in [6.45, 7) is 5.40. The number of hydrogen-bond acceptors (Lipinski definition) is 18. The van der Waals surface area contributed by atoms with Crippen LogP contribution in [0.3, 0.4) is 0 Å². The molecule has 0 radical (unpaired) electrons. The first-order chi connectivity index (χ1) is 48.7. The van der Waals surface area contributed by atoms with Gasteiger partial charge in [0.05, 0.1) is 40.6 Å². The number of aromatic hydroxyl groups is 3. The SMILES string of the molecule is Br.CC1=NN(c2ccc3c(c2)CCCC3)C(=O)C1.Cc1[nH]n(-c2ccc3c(c2)CCCC3)c(=O)c1N=Nc1cccc(-c2ccc(C(=O)O)s2)c1O.Cc1[nH]n(-c2ccc3c(c2)CCCC3)c(=O)c1N=Nc1cccc(-c2ccc(C(=O)O)s2)c1O.Nc1cccc(-c2ccc(C(=O)O)s2)c1O. The van der Waals surface area contributed by atoms with Gasteiger partial charge >= 0.3 is 17.9 Å². The summed E-state index contributed by atoms with van der Waals surface area (Å²) in [4.78, 5) is 73.5. The summed E-state index contributed by atoms with van der Waals surface area (Å²) in [7, 11) is 0. The third kappa shape index (κ3) is 15.9. The number of H-pyrrole nitrogens is 2. The third-order valence-electron chi connectivity index (χ3n) is 17.6. The lowest BCUT2D eigenvalue weighted by Crippen LogP contribution is -2.20. The van der Waals surface area contributed by atoms with Crippen LogP contribution in [-0.4, -0.2) is 79.7 Å². The highest BCUT2D eigenvalue weighted by Crippen LogP contribution is 2.43. The second-order valence-corrected chi connectivity index (χ2v) is 27.8. The lowest BCUT2D eigenvalue weighted by Gasteiger charge is -2.19. The zero-order valence-corrected chi connectivity index (χ0v) is 59.6. The molecule has 1 aliphatic heterocycles. The molecule has 0 unspecified atom stereocenters. The number of hydrazone groups is 1. The van der Waals surface area contributed by atoms with Crippen LogP contribution in [0.1, 0.15) is 126 Å². The molecule has 27 heteroatoms. The molecule has 0 saturated carbocycles. The van der Waals surface area contributed by atoms with Crippen LogP contribution >= 0.6 is 51.0 Å². The number of amides is 1. The largest absolute Gasteiger partial charge is 0.505 e. The second-order valence-electron chi connectivity index (χ2n) is 24.5. The Balaban J connectivity index is 0.000000144. The summed E-state index contributed by atoms with van der Waals surface area (Å²) in [6.07, 6.45) is 14.2. The van der Waals surface area contributed by atoms with E-state index in [9.17, 15) is 44.1 Å². The topological polar surface area (TPSA) is 356 Å². The minimum absolute atomic E-state index is 0. The van der Waals surface area contributed by atoms with Crippen LogP contribution in [0.25, 0.3) is 42.7 Å². The fourth-order valence-electron chi connectivity index (χ4n) is 12.4. The Morgan fingerprint density at radius 2 is 0.804 bits per heavy atom. The first kappa shape index (κ1) is 72.1. The smallest absolute Gasteiger partial charge is 0.345 e. The molecule has 3 aliphatic carbocycles. The van der Waals surface area contributed by atoms with E-state index in [1.54, 1.807) is 91.7 Å². The number of anilines is 2. The quantitative estimate of drug-likeness (QED) is 0.0295. The summed E-state index contributed by atoms with van der Waals surface area (Å²) >= 11 is 3.22. The van der Waals surface area contributed by atoms with E-state index in [0.717, 1.165) is 102 Å². The minimum atomic E-state index is -1.02. The van der Waals surface area contributed by atoms with Crippen LogP contribution < -0.4 is 21.9 Å². The number of rotatable bonds is 13. The number of hydrogen-bond donors (Lipinski definition) is 9. The van der Waals surface area contributed by atoms with Crippen molar-refractivity contribution in [2.24, 2.45) is 25.6 Å². The predicted molar refractivity (Wildman–Crippen MR) is 402 cm³/mol. The number of aryl methyl sites for hydroxylation is 8. The highest BCUT2D eigenvalue weighted by Gasteiger charge is 2.25. The Hall–Kier alpha value is -11.1. The van der Waals surface area contributed by atoms with Crippen LogP contribution in [0.4, 0.5) is 34.1 Å². The normalized spacial score (nSPS) is 13.7. The number of benzene rings is 6. The fourth-order valence-corrected chi connectivity index (χ4v) is 15.0. The molecule has 5 aromatic heterocycles. The number of azo groups is 2. The van der Waals surface area contributed by atoms with Gasteiger partial charge in [-0.3, -0.25) is 24.6 Å². The molecule has 0 fully saturated rings. The summed E-state index contributed by atoms with van der Waals surface area (Å²) < 4.78 is 2.93. The molecule has 0 atom stereocenters. The average Bonchev–Trinajstić information content (AvgIpc) is 1.62. The first-order valence-electron chi connectivity index (χ1n) is 32.6. The van der Waals surface area contributed by atoms with Gasteiger partial charge in [-0.15, -0.1) is 71.4 Å². The summed E-state index contributed by atoms with van der Waals surface area (Å²) in [5.41, 5.74) is 19.8. The molecule has 15 rings (SSSR count). The molecule has 0 saturated heterocycles. The van der Waals surface area contributed by atoms with Gasteiger partial charge in [-0.1, -0.05) is 36.4 Å². The van der Waals surface area contributed by atoms with Crippen LogP contribution in [0.5, 0.6) is 17.2 Å². The van der Waals surface area contributed by atoms with Gasteiger partial charge < -0.3 is 36.4 Å². The third-order valence-corrected chi connectivity index (χ3v) is 20.9. The van der Waals surface area contributed by atoms with Crippen LogP contribution in [0.2, 0.25) is 0 Å². The predicted octanol–water partition coefficient (Wildman–Crippen LogP) is 17.5. The number of nitrogens with two attached hydrogens (primary N) is 1. The zero-order valence-electron chi connectivity index (χ0n) is 55.5. The van der Waals surface area contributed by atoms with Gasteiger partial charge in [0, 0.05) is 37.0 Å². The Bertz CT molecular complexity index is 5040. The fraction of sp³-hybridized carbons (Fsp3) is 0.213. The van der Waals surface area contributed by atoms with E-state index in [1.807, 2.05) is 25.1 Å². The van der Waals surface area contributed by atoms with Gasteiger partial charge in [-0.25, -0.2) is 28.8 Å². The number of fused-ring (bicyclic) bond motifs is 3. The monoisotopic (exact) mass is 1490 g/mol. The average molecular weight is 1490 g/mol. The van der Waals surface area contributed by atoms with Crippen molar-refractivity contribution in [2.45, 2.75) is 104 Å². The van der Waals surface area contributed by atoms with Crippen molar-refractivity contribution >= 4 is 115 Å². The van der Waals surface area contributed by atoms with E-state index in [-0.39, 0.29) is 94.3 Å². The van der Waals surface area contributed by atoms with Crippen molar-refractivity contribution in [3.63, 3.8) is 0 Å². The highest BCUT2D eigenvalue weighted by atomic mass is 79.9. The van der Waals surface area contributed by atoms with Gasteiger partial charge in [0.25, 0.3) is 17.0 Å². The number of phenolic OH excluding ortho intramolecular Hbond substituents is 3. The number of para-hydroxylation sites is 3. The number of thiophene rings is 3. The highest BCUT2D eigenvalue weighted by molar-refractivity contribution is 8.93. The molecule has 102 heavy (non-hydrogen) atoms. The number of halogens is 1. The number of carboxylic acids is 3. The maximum absolute atomic E-state index is 13.1. The Kier molecular flexibility index (Phi) is 22.3. The van der Waals surface area contributed by atoms with E-state index in [0.29, 0.717) is 49.1 Å². The molecule has 10 N–H and O–H groups in total.